The molecule has 1 saturated carbocycles. The zero-order valence-corrected chi connectivity index (χ0v) is 12.5. The van der Waals surface area contributed by atoms with E-state index in [9.17, 15) is 4.79 Å². The molecule has 20 heavy (non-hydrogen) atoms. The summed E-state index contributed by atoms with van der Waals surface area (Å²) < 4.78 is 5.50. The Hall–Kier alpha value is -1.42. The van der Waals surface area contributed by atoms with Crippen molar-refractivity contribution in [1.82, 2.24) is 10.6 Å². The van der Waals surface area contributed by atoms with Crippen molar-refractivity contribution in [3.8, 4) is 5.75 Å². The second-order valence-electron chi connectivity index (χ2n) is 5.22. The van der Waals surface area contributed by atoms with Crippen LogP contribution in [0.4, 0.5) is 4.79 Å². The van der Waals surface area contributed by atoms with Gasteiger partial charge < -0.3 is 15.4 Å². The van der Waals surface area contributed by atoms with Crippen LogP contribution in [0, 0.1) is 5.92 Å². The van der Waals surface area contributed by atoms with E-state index >= 15 is 0 Å². The van der Waals surface area contributed by atoms with Crippen molar-refractivity contribution in [3.63, 3.8) is 0 Å². The topological polar surface area (TPSA) is 50.4 Å². The maximum atomic E-state index is 11.7. The molecule has 0 radical (unpaired) electrons. The van der Waals surface area contributed by atoms with Crippen molar-refractivity contribution in [2.24, 2.45) is 5.92 Å². The third kappa shape index (κ3) is 4.60. The molecule has 1 fully saturated rings. The summed E-state index contributed by atoms with van der Waals surface area (Å²) in [5.74, 6) is 1.33. The van der Waals surface area contributed by atoms with Gasteiger partial charge in [-0.3, -0.25) is 0 Å². The molecular weight excluding hydrogens is 276 g/mol. The van der Waals surface area contributed by atoms with E-state index in [2.05, 4.69) is 17.6 Å². The summed E-state index contributed by atoms with van der Waals surface area (Å²) in [4.78, 5) is 11.7. The number of carbonyl (C=O) groups is 1. The number of hydrogen-bond acceptors (Lipinski definition) is 2. The highest BCUT2D eigenvalue weighted by molar-refractivity contribution is 6.30. The van der Waals surface area contributed by atoms with Gasteiger partial charge in [0.1, 0.15) is 12.4 Å². The van der Waals surface area contributed by atoms with E-state index < -0.39 is 0 Å². The molecule has 0 heterocycles. The summed E-state index contributed by atoms with van der Waals surface area (Å²) >= 11 is 5.79. The van der Waals surface area contributed by atoms with Crippen molar-refractivity contribution >= 4 is 17.6 Å². The molecule has 1 aliphatic rings. The maximum Gasteiger partial charge on any atom is 0.315 e. The predicted octanol–water partition coefficient (Wildman–Crippen LogP) is 3.21. The van der Waals surface area contributed by atoms with Crippen LogP contribution in [-0.4, -0.2) is 25.2 Å². The van der Waals surface area contributed by atoms with Crippen molar-refractivity contribution in [2.75, 3.05) is 13.2 Å². The molecule has 0 aromatic heterocycles. The lowest BCUT2D eigenvalue weighted by molar-refractivity contribution is 0.230. The first-order chi connectivity index (χ1) is 9.65. The molecule has 110 valence electrons. The molecule has 4 nitrogen and oxygen atoms in total. The number of nitrogens with one attached hydrogen (secondary N) is 2. The molecule has 2 N–H and O–H groups in total. The largest absolute Gasteiger partial charge is 0.492 e. The lowest BCUT2D eigenvalue weighted by Gasteiger charge is -2.17. The van der Waals surface area contributed by atoms with E-state index in [1.807, 2.05) is 12.1 Å². The van der Waals surface area contributed by atoms with Crippen LogP contribution < -0.4 is 15.4 Å². The Morgan fingerprint density at radius 1 is 1.35 bits per heavy atom. The van der Waals surface area contributed by atoms with Crippen molar-refractivity contribution < 1.29 is 9.53 Å². The predicted molar refractivity (Wildman–Crippen MR) is 80.3 cm³/mol. The number of carbonyl (C=O) groups excluding carboxylic acids is 1. The first-order valence-electron chi connectivity index (χ1n) is 7.08. The van der Waals surface area contributed by atoms with Gasteiger partial charge >= 0.3 is 6.03 Å². The molecule has 0 spiro atoms. The van der Waals surface area contributed by atoms with Gasteiger partial charge in [-0.15, -0.1) is 0 Å². The molecule has 2 unspecified atom stereocenters. The molecule has 1 aromatic rings. The third-order valence-corrected chi connectivity index (χ3v) is 3.90. The number of amides is 2. The zero-order valence-electron chi connectivity index (χ0n) is 11.7. The standard InChI is InChI=1S/C15H21ClN2O2/c1-11-3-2-4-14(11)18-15(19)17-9-10-20-13-7-5-12(16)6-8-13/h5-8,11,14H,2-4,9-10H2,1H3,(H2,17,18,19). The fraction of sp³-hybridized carbons (Fsp3) is 0.533. The van der Waals surface area contributed by atoms with E-state index in [4.69, 9.17) is 16.3 Å². The molecule has 1 aliphatic carbocycles. The van der Waals surface area contributed by atoms with Crippen LogP contribution in [0.25, 0.3) is 0 Å². The highest BCUT2D eigenvalue weighted by Gasteiger charge is 2.24. The van der Waals surface area contributed by atoms with Crippen LogP contribution in [0.3, 0.4) is 0 Å². The van der Waals surface area contributed by atoms with Gasteiger partial charge in [0.25, 0.3) is 0 Å². The van der Waals surface area contributed by atoms with Crippen molar-refractivity contribution in [3.05, 3.63) is 29.3 Å². The molecule has 0 bridgehead atoms. The van der Waals surface area contributed by atoms with Crippen LogP contribution >= 0.6 is 11.6 Å². The summed E-state index contributed by atoms with van der Waals surface area (Å²) in [6.45, 7) is 3.10. The Kier molecular flexibility index (Phi) is 5.53. The minimum atomic E-state index is -0.108. The summed E-state index contributed by atoms with van der Waals surface area (Å²) in [6, 6.07) is 7.37. The lowest BCUT2D eigenvalue weighted by atomic mass is 10.1. The smallest absolute Gasteiger partial charge is 0.315 e. The Balaban J connectivity index is 1.60. The molecular formula is C15H21ClN2O2. The Bertz CT molecular complexity index is 436. The van der Waals surface area contributed by atoms with Crippen molar-refractivity contribution in [1.29, 1.82) is 0 Å². The fourth-order valence-corrected chi connectivity index (χ4v) is 2.57. The Labute approximate surface area is 124 Å². The van der Waals surface area contributed by atoms with E-state index in [1.54, 1.807) is 12.1 Å². The fourth-order valence-electron chi connectivity index (χ4n) is 2.44. The summed E-state index contributed by atoms with van der Waals surface area (Å²) in [7, 11) is 0. The molecule has 2 rings (SSSR count). The van der Waals surface area contributed by atoms with Gasteiger partial charge in [0.15, 0.2) is 0 Å². The normalized spacial score (nSPS) is 21.5. The zero-order chi connectivity index (χ0) is 14.4. The average Bonchev–Trinajstić information content (AvgIpc) is 2.82. The second kappa shape index (κ2) is 7.39. The van der Waals surface area contributed by atoms with Gasteiger partial charge in [0, 0.05) is 11.1 Å². The monoisotopic (exact) mass is 296 g/mol. The highest BCUT2D eigenvalue weighted by Crippen LogP contribution is 2.24. The van der Waals surface area contributed by atoms with E-state index in [0.717, 1.165) is 12.2 Å². The minimum Gasteiger partial charge on any atom is -0.492 e. The first-order valence-corrected chi connectivity index (χ1v) is 7.45. The first kappa shape index (κ1) is 15.0. The van der Waals surface area contributed by atoms with E-state index in [-0.39, 0.29) is 6.03 Å². The lowest BCUT2D eigenvalue weighted by Crippen LogP contribution is -2.44. The number of benzene rings is 1. The average molecular weight is 297 g/mol. The second-order valence-corrected chi connectivity index (χ2v) is 5.65. The van der Waals surface area contributed by atoms with E-state index in [1.165, 1.54) is 12.8 Å². The summed E-state index contributed by atoms with van der Waals surface area (Å²) in [6.07, 6.45) is 3.48. The van der Waals surface area contributed by atoms with Gasteiger partial charge in [0.05, 0.1) is 6.54 Å². The highest BCUT2D eigenvalue weighted by atomic mass is 35.5. The van der Waals surface area contributed by atoms with Gasteiger partial charge in [-0.05, 0) is 43.0 Å². The van der Waals surface area contributed by atoms with Gasteiger partial charge in [-0.1, -0.05) is 24.9 Å². The van der Waals surface area contributed by atoms with Crippen LogP contribution in [0.15, 0.2) is 24.3 Å². The van der Waals surface area contributed by atoms with Crippen LogP contribution in [0.2, 0.25) is 5.02 Å². The third-order valence-electron chi connectivity index (χ3n) is 3.65. The van der Waals surface area contributed by atoms with Crippen molar-refractivity contribution in [2.45, 2.75) is 32.2 Å². The molecule has 2 amide bonds. The molecule has 0 saturated heterocycles. The molecule has 5 heteroatoms. The van der Waals surface area contributed by atoms with Crippen LogP contribution in [-0.2, 0) is 0 Å². The number of halogens is 1. The minimum absolute atomic E-state index is 0.108. The number of urea groups is 1. The maximum absolute atomic E-state index is 11.7. The quantitative estimate of drug-likeness (QED) is 0.820. The molecule has 0 aliphatic heterocycles. The van der Waals surface area contributed by atoms with Crippen LogP contribution in [0.5, 0.6) is 5.75 Å². The summed E-state index contributed by atoms with van der Waals surface area (Å²) in [5.41, 5.74) is 0. The number of rotatable bonds is 5. The Morgan fingerprint density at radius 3 is 2.75 bits per heavy atom. The van der Waals surface area contributed by atoms with E-state index in [0.29, 0.717) is 30.1 Å². The van der Waals surface area contributed by atoms with Gasteiger partial charge in [-0.2, -0.15) is 0 Å². The number of ether oxygens (including phenoxy) is 1. The number of hydrogen-bond donors (Lipinski definition) is 2. The van der Waals surface area contributed by atoms with Gasteiger partial charge in [-0.25, -0.2) is 4.79 Å². The van der Waals surface area contributed by atoms with Crippen LogP contribution in [0.1, 0.15) is 26.2 Å². The van der Waals surface area contributed by atoms with Gasteiger partial charge in [0.2, 0.25) is 0 Å². The molecule has 2 atom stereocenters. The molecule has 1 aromatic carbocycles. The summed E-state index contributed by atoms with van der Waals surface area (Å²) in [5, 5.41) is 6.50. The Morgan fingerprint density at radius 2 is 2.10 bits per heavy atom. The SMILES string of the molecule is CC1CCCC1NC(=O)NCCOc1ccc(Cl)cc1.